The Morgan fingerprint density at radius 2 is 1.68 bits per heavy atom. The average Bonchev–Trinajstić information content (AvgIpc) is 2.48. The summed E-state index contributed by atoms with van der Waals surface area (Å²) in [4.78, 5) is 23.4. The third-order valence-corrected chi connectivity index (χ3v) is 6.00. The average molecular weight is 354 g/mol. The maximum atomic E-state index is 12.2. The molecule has 7 heteroatoms. The van der Waals surface area contributed by atoms with Gasteiger partial charge in [0.2, 0.25) is 0 Å². The zero-order chi connectivity index (χ0) is 18.5. The van der Waals surface area contributed by atoms with E-state index in [9.17, 15) is 19.8 Å². The van der Waals surface area contributed by atoms with E-state index in [2.05, 4.69) is 6.58 Å². The van der Waals surface area contributed by atoms with Crippen LogP contribution in [0.4, 0.5) is 0 Å². The van der Waals surface area contributed by atoms with E-state index in [-0.39, 0.29) is 25.2 Å². The first-order valence-corrected chi connectivity index (χ1v) is 8.70. The smallest absolute Gasteiger partial charge is 0.344 e. The lowest BCUT2D eigenvalue weighted by atomic mass is 9.44. The van der Waals surface area contributed by atoms with Gasteiger partial charge in [-0.3, -0.25) is 0 Å². The third kappa shape index (κ3) is 2.98. The molecule has 0 aromatic carbocycles. The summed E-state index contributed by atoms with van der Waals surface area (Å²) in [6, 6.07) is 0. The van der Waals surface area contributed by atoms with Gasteiger partial charge in [0.25, 0.3) is 0 Å². The van der Waals surface area contributed by atoms with Gasteiger partial charge in [-0.05, 0) is 6.92 Å². The Morgan fingerprint density at radius 3 is 2.20 bits per heavy atom. The van der Waals surface area contributed by atoms with Gasteiger partial charge >= 0.3 is 11.9 Å². The molecular formula is C18H26O7. The summed E-state index contributed by atoms with van der Waals surface area (Å²) in [7, 11) is 0. The van der Waals surface area contributed by atoms with Crippen molar-refractivity contribution in [2.75, 3.05) is 13.2 Å². The van der Waals surface area contributed by atoms with Crippen LogP contribution in [-0.4, -0.2) is 57.8 Å². The molecule has 0 radical (unpaired) electrons. The maximum absolute atomic E-state index is 12.2. The van der Waals surface area contributed by atoms with Crippen LogP contribution in [0.25, 0.3) is 0 Å². The summed E-state index contributed by atoms with van der Waals surface area (Å²) >= 11 is 0. The van der Waals surface area contributed by atoms with Crippen LogP contribution in [0, 0.1) is 5.92 Å². The molecule has 0 aromatic rings. The van der Waals surface area contributed by atoms with Crippen LogP contribution >= 0.6 is 0 Å². The molecule has 0 aliphatic heterocycles. The molecule has 0 saturated heterocycles. The van der Waals surface area contributed by atoms with Crippen molar-refractivity contribution < 1.29 is 34.0 Å². The first kappa shape index (κ1) is 18.4. The van der Waals surface area contributed by atoms with E-state index in [1.165, 1.54) is 0 Å². The van der Waals surface area contributed by atoms with Crippen LogP contribution in [0.3, 0.4) is 0 Å². The van der Waals surface area contributed by atoms with E-state index in [0.29, 0.717) is 19.4 Å². The predicted molar refractivity (Wildman–Crippen MR) is 86.5 cm³/mol. The fourth-order valence-electron chi connectivity index (χ4n) is 5.55. The highest BCUT2D eigenvalue weighted by molar-refractivity contribution is 5.83. The Hall–Kier alpha value is -1.44. The van der Waals surface area contributed by atoms with E-state index in [1.54, 1.807) is 0 Å². The molecule has 4 saturated carbocycles. The number of aliphatic hydroxyl groups is 2. The number of ether oxygens (including phenoxy) is 3. The molecule has 25 heavy (non-hydrogen) atoms. The van der Waals surface area contributed by atoms with Crippen LogP contribution in [0.5, 0.6) is 0 Å². The van der Waals surface area contributed by atoms with E-state index < -0.39 is 40.9 Å². The van der Waals surface area contributed by atoms with Gasteiger partial charge in [-0.15, -0.1) is 0 Å². The predicted octanol–water partition coefficient (Wildman–Crippen LogP) is 0.862. The number of esters is 2. The molecule has 3 atom stereocenters. The highest BCUT2D eigenvalue weighted by Gasteiger charge is 2.73. The van der Waals surface area contributed by atoms with E-state index in [4.69, 9.17) is 14.2 Å². The van der Waals surface area contributed by atoms with Gasteiger partial charge in [-0.2, -0.15) is 0 Å². The largest absolute Gasteiger partial charge is 0.456 e. The summed E-state index contributed by atoms with van der Waals surface area (Å²) < 4.78 is 16.4. The lowest BCUT2D eigenvalue weighted by Crippen LogP contribution is -2.77. The summed E-state index contributed by atoms with van der Waals surface area (Å²) in [5, 5.41) is 22.0. The Morgan fingerprint density at radius 1 is 1.12 bits per heavy atom. The highest BCUT2D eigenvalue weighted by Crippen LogP contribution is 2.65. The molecule has 4 fully saturated rings. The fraction of sp³-hybridized carbons (Fsp3) is 0.778. The van der Waals surface area contributed by atoms with Crippen molar-refractivity contribution in [2.45, 2.75) is 68.4 Å². The van der Waals surface area contributed by atoms with Gasteiger partial charge < -0.3 is 24.4 Å². The van der Waals surface area contributed by atoms with Crippen LogP contribution in [0.15, 0.2) is 12.7 Å². The van der Waals surface area contributed by atoms with Gasteiger partial charge in [0, 0.05) is 50.7 Å². The second-order valence-electron chi connectivity index (χ2n) is 7.90. The van der Waals surface area contributed by atoms with Gasteiger partial charge in [0.05, 0.1) is 16.8 Å². The van der Waals surface area contributed by atoms with E-state index in [0.717, 1.165) is 6.08 Å². The molecule has 0 heterocycles. The molecule has 140 valence electrons. The summed E-state index contributed by atoms with van der Waals surface area (Å²) in [5.41, 5.74) is -4.04. The van der Waals surface area contributed by atoms with Crippen LogP contribution in [0.1, 0.15) is 46.0 Å². The summed E-state index contributed by atoms with van der Waals surface area (Å²) in [6.07, 6.45) is 2.56. The van der Waals surface area contributed by atoms with Gasteiger partial charge in [0.1, 0.15) is 5.60 Å². The molecular weight excluding hydrogens is 328 g/mol. The highest BCUT2D eigenvalue weighted by atomic mass is 16.6. The molecule has 4 rings (SSSR count). The van der Waals surface area contributed by atoms with Crippen LogP contribution in [-0.2, 0) is 23.8 Å². The zero-order valence-corrected chi connectivity index (χ0v) is 14.7. The molecule has 2 N–H and O–H groups in total. The van der Waals surface area contributed by atoms with Crippen molar-refractivity contribution in [3.8, 4) is 0 Å². The van der Waals surface area contributed by atoms with Crippen LogP contribution in [0.2, 0.25) is 0 Å². The molecule has 3 unspecified atom stereocenters. The number of carbonyl (C=O) groups excluding carboxylic acids is 2. The van der Waals surface area contributed by atoms with Crippen molar-refractivity contribution >= 4 is 11.9 Å². The Bertz CT molecular complexity index is 580. The minimum atomic E-state index is -1.13. The Kier molecular flexibility index (Phi) is 4.25. The first-order chi connectivity index (χ1) is 11.6. The van der Waals surface area contributed by atoms with E-state index in [1.807, 2.05) is 13.8 Å². The minimum Gasteiger partial charge on any atom is -0.456 e. The molecule has 4 aliphatic carbocycles. The third-order valence-electron chi connectivity index (χ3n) is 6.00. The van der Waals surface area contributed by atoms with Gasteiger partial charge in [-0.1, -0.05) is 13.5 Å². The van der Waals surface area contributed by atoms with Crippen LogP contribution < -0.4 is 0 Å². The number of rotatable bonds is 6. The van der Waals surface area contributed by atoms with Crippen molar-refractivity contribution in [1.82, 2.24) is 0 Å². The van der Waals surface area contributed by atoms with E-state index >= 15 is 0 Å². The lowest BCUT2D eigenvalue weighted by molar-refractivity contribution is -0.335. The Labute approximate surface area is 146 Å². The maximum Gasteiger partial charge on any atom is 0.344 e. The molecule has 0 spiro atoms. The first-order valence-electron chi connectivity index (χ1n) is 8.70. The standard InChI is InChI=1S/C18H26O7/c1-4-13(19)23-6-14(20)25-18-10-15(21)7-16(22,11-18)9-17(8-15,12(18)3)24-5-2/h4,12,21-22H,1,5-11H2,2-3H3. The molecule has 0 aromatic heterocycles. The zero-order valence-electron chi connectivity index (χ0n) is 14.7. The second-order valence-corrected chi connectivity index (χ2v) is 7.90. The van der Waals surface area contributed by atoms with Crippen molar-refractivity contribution in [1.29, 1.82) is 0 Å². The van der Waals surface area contributed by atoms with Gasteiger partial charge in [-0.25, -0.2) is 9.59 Å². The number of carbonyl (C=O) groups is 2. The molecule has 4 bridgehead atoms. The number of hydrogen-bond donors (Lipinski definition) is 2. The van der Waals surface area contributed by atoms with Gasteiger partial charge in [0.15, 0.2) is 6.61 Å². The monoisotopic (exact) mass is 354 g/mol. The summed E-state index contributed by atoms with van der Waals surface area (Å²) in [5.74, 6) is -1.61. The minimum absolute atomic E-state index is 0.195. The fourth-order valence-corrected chi connectivity index (χ4v) is 5.55. The van der Waals surface area contributed by atoms with Crippen molar-refractivity contribution in [3.63, 3.8) is 0 Å². The normalized spacial score (nSPS) is 44.4. The quantitative estimate of drug-likeness (QED) is 0.539. The molecule has 0 amide bonds. The molecule has 4 aliphatic rings. The molecule has 7 nitrogen and oxygen atoms in total. The lowest BCUT2D eigenvalue weighted by Gasteiger charge is -2.69. The second kappa shape index (κ2) is 5.79. The van der Waals surface area contributed by atoms with Crippen molar-refractivity contribution in [2.24, 2.45) is 5.92 Å². The number of hydrogen-bond acceptors (Lipinski definition) is 7. The van der Waals surface area contributed by atoms with Crippen molar-refractivity contribution in [3.05, 3.63) is 12.7 Å². The topological polar surface area (TPSA) is 102 Å². The Balaban J connectivity index is 1.85. The summed E-state index contributed by atoms with van der Waals surface area (Å²) in [6.45, 7) is 6.98. The SMILES string of the molecule is C=CC(=O)OCC(=O)OC12CC3(O)CC(O)(CC(OCC)(C3)C1C)C2.